The van der Waals surface area contributed by atoms with Gasteiger partial charge in [-0.2, -0.15) is 0 Å². The molecular formula is C16H15ClOS. The third-order valence-electron chi connectivity index (χ3n) is 2.85. The molecule has 0 aliphatic carbocycles. The molecule has 0 aliphatic rings. The van der Waals surface area contributed by atoms with Crippen molar-refractivity contribution in [3.8, 4) is 0 Å². The largest absolute Gasteiger partial charge is 0.294 e. The lowest BCUT2D eigenvalue weighted by Crippen LogP contribution is -1.98. The Morgan fingerprint density at radius 1 is 1.11 bits per heavy atom. The van der Waals surface area contributed by atoms with E-state index in [1.54, 1.807) is 11.8 Å². The van der Waals surface area contributed by atoms with Crippen LogP contribution in [0.3, 0.4) is 0 Å². The SMILES string of the molecule is CCC(=O)c1ccccc1SCc1ccccc1Cl. The predicted octanol–water partition coefficient (Wildman–Crippen LogP) is 5.23. The third kappa shape index (κ3) is 3.62. The van der Waals surface area contributed by atoms with Crippen LogP contribution < -0.4 is 0 Å². The molecule has 19 heavy (non-hydrogen) atoms. The van der Waals surface area contributed by atoms with Crippen molar-refractivity contribution in [2.45, 2.75) is 24.0 Å². The Hall–Kier alpha value is -1.25. The van der Waals surface area contributed by atoms with Crippen LogP contribution in [0.15, 0.2) is 53.4 Å². The Bertz CT molecular complexity index is 580. The molecule has 3 heteroatoms. The fourth-order valence-corrected chi connectivity index (χ4v) is 3.14. The quantitative estimate of drug-likeness (QED) is 0.554. The van der Waals surface area contributed by atoms with Crippen LogP contribution in [0.4, 0.5) is 0 Å². The van der Waals surface area contributed by atoms with Crippen LogP contribution in [0, 0.1) is 0 Å². The second-order valence-electron chi connectivity index (χ2n) is 4.15. The van der Waals surface area contributed by atoms with Crippen LogP contribution in [-0.2, 0) is 5.75 Å². The summed E-state index contributed by atoms with van der Waals surface area (Å²) >= 11 is 7.79. The van der Waals surface area contributed by atoms with E-state index < -0.39 is 0 Å². The lowest BCUT2D eigenvalue weighted by molar-refractivity contribution is 0.0985. The minimum absolute atomic E-state index is 0.183. The van der Waals surface area contributed by atoms with E-state index in [1.165, 1.54) is 0 Å². The minimum Gasteiger partial charge on any atom is -0.294 e. The molecule has 0 fully saturated rings. The highest BCUT2D eigenvalue weighted by atomic mass is 35.5. The summed E-state index contributed by atoms with van der Waals surface area (Å²) in [6, 6.07) is 15.5. The summed E-state index contributed by atoms with van der Waals surface area (Å²) in [5.74, 6) is 0.954. The summed E-state index contributed by atoms with van der Waals surface area (Å²) in [5, 5.41) is 0.772. The molecule has 0 heterocycles. The molecule has 0 aliphatic heterocycles. The van der Waals surface area contributed by atoms with Crippen molar-refractivity contribution < 1.29 is 4.79 Å². The lowest BCUT2D eigenvalue weighted by atomic mass is 10.1. The van der Waals surface area contributed by atoms with Gasteiger partial charge >= 0.3 is 0 Å². The Balaban J connectivity index is 2.16. The Labute approximate surface area is 123 Å². The van der Waals surface area contributed by atoms with Crippen molar-refractivity contribution >= 4 is 29.1 Å². The maximum absolute atomic E-state index is 11.9. The number of hydrogen-bond donors (Lipinski definition) is 0. The number of thioether (sulfide) groups is 1. The molecule has 0 radical (unpaired) electrons. The average Bonchev–Trinajstić information content (AvgIpc) is 2.46. The summed E-state index contributed by atoms with van der Waals surface area (Å²) in [6.45, 7) is 1.89. The van der Waals surface area contributed by atoms with E-state index in [2.05, 4.69) is 0 Å². The summed E-state index contributed by atoms with van der Waals surface area (Å²) < 4.78 is 0. The van der Waals surface area contributed by atoms with Crippen molar-refractivity contribution in [1.29, 1.82) is 0 Å². The van der Waals surface area contributed by atoms with Gasteiger partial charge in [-0.05, 0) is 17.7 Å². The highest BCUT2D eigenvalue weighted by molar-refractivity contribution is 7.98. The zero-order valence-electron chi connectivity index (χ0n) is 10.7. The maximum atomic E-state index is 11.9. The number of rotatable bonds is 5. The van der Waals surface area contributed by atoms with E-state index in [1.807, 2.05) is 55.5 Å². The van der Waals surface area contributed by atoms with Gasteiger partial charge in [-0.25, -0.2) is 0 Å². The van der Waals surface area contributed by atoms with Gasteiger partial charge in [0.25, 0.3) is 0 Å². The highest BCUT2D eigenvalue weighted by Crippen LogP contribution is 2.29. The van der Waals surface area contributed by atoms with E-state index >= 15 is 0 Å². The van der Waals surface area contributed by atoms with Crippen molar-refractivity contribution in [3.63, 3.8) is 0 Å². The molecule has 0 spiro atoms. The molecule has 1 nitrogen and oxygen atoms in total. The number of carbonyl (C=O) groups excluding carboxylic acids is 1. The van der Waals surface area contributed by atoms with Gasteiger partial charge in [-0.3, -0.25) is 4.79 Å². The third-order valence-corrected chi connectivity index (χ3v) is 4.34. The summed E-state index contributed by atoms with van der Waals surface area (Å²) in [7, 11) is 0. The topological polar surface area (TPSA) is 17.1 Å². The molecular weight excluding hydrogens is 276 g/mol. The summed E-state index contributed by atoms with van der Waals surface area (Å²) in [6.07, 6.45) is 0.531. The van der Waals surface area contributed by atoms with Crippen LogP contribution in [0.25, 0.3) is 0 Å². The van der Waals surface area contributed by atoms with Gasteiger partial charge in [0.2, 0.25) is 0 Å². The normalized spacial score (nSPS) is 10.4. The van der Waals surface area contributed by atoms with E-state index in [4.69, 9.17) is 11.6 Å². The standard InChI is InChI=1S/C16H15ClOS/c1-2-15(18)13-8-4-6-10-16(13)19-11-12-7-3-5-9-14(12)17/h3-10H,2,11H2,1H3. The second-order valence-corrected chi connectivity index (χ2v) is 5.58. The highest BCUT2D eigenvalue weighted by Gasteiger charge is 2.09. The van der Waals surface area contributed by atoms with Gasteiger partial charge < -0.3 is 0 Å². The molecule has 0 saturated heterocycles. The molecule has 0 aromatic heterocycles. The zero-order chi connectivity index (χ0) is 13.7. The second kappa shape index (κ2) is 6.78. The van der Waals surface area contributed by atoms with Crippen LogP contribution in [0.5, 0.6) is 0 Å². The van der Waals surface area contributed by atoms with Crippen molar-refractivity contribution in [2.24, 2.45) is 0 Å². The van der Waals surface area contributed by atoms with Crippen LogP contribution in [-0.4, -0.2) is 5.78 Å². The number of hydrogen-bond acceptors (Lipinski definition) is 2. The predicted molar refractivity (Wildman–Crippen MR) is 82.1 cm³/mol. The molecule has 2 aromatic carbocycles. The first kappa shape index (κ1) is 14.2. The van der Waals surface area contributed by atoms with Gasteiger partial charge in [0.15, 0.2) is 5.78 Å². The van der Waals surface area contributed by atoms with Crippen LogP contribution >= 0.6 is 23.4 Å². The van der Waals surface area contributed by atoms with E-state index in [9.17, 15) is 4.79 Å². The van der Waals surface area contributed by atoms with E-state index in [-0.39, 0.29) is 5.78 Å². The first-order chi connectivity index (χ1) is 9.22. The van der Waals surface area contributed by atoms with Gasteiger partial charge in [0.05, 0.1) is 0 Å². The number of benzene rings is 2. The van der Waals surface area contributed by atoms with Gasteiger partial charge in [0, 0.05) is 27.7 Å². The first-order valence-electron chi connectivity index (χ1n) is 6.20. The molecule has 0 bridgehead atoms. The summed E-state index contributed by atoms with van der Waals surface area (Å²) in [5.41, 5.74) is 1.90. The van der Waals surface area contributed by atoms with E-state index in [0.29, 0.717) is 6.42 Å². The Morgan fingerprint density at radius 2 is 1.79 bits per heavy atom. The molecule has 2 rings (SSSR count). The fourth-order valence-electron chi connectivity index (χ4n) is 1.78. The Morgan fingerprint density at radius 3 is 2.53 bits per heavy atom. The number of ketones is 1. The molecule has 0 atom stereocenters. The number of halogens is 1. The first-order valence-corrected chi connectivity index (χ1v) is 7.57. The van der Waals surface area contributed by atoms with Crippen molar-refractivity contribution in [3.05, 3.63) is 64.7 Å². The van der Waals surface area contributed by atoms with Crippen LogP contribution in [0.1, 0.15) is 29.3 Å². The maximum Gasteiger partial charge on any atom is 0.163 e. The Kier molecular flexibility index (Phi) is 5.06. The summed E-state index contributed by atoms with van der Waals surface area (Å²) in [4.78, 5) is 12.9. The minimum atomic E-state index is 0.183. The molecule has 2 aromatic rings. The molecule has 0 saturated carbocycles. The van der Waals surface area contributed by atoms with Gasteiger partial charge in [0.1, 0.15) is 0 Å². The monoisotopic (exact) mass is 290 g/mol. The number of carbonyl (C=O) groups is 1. The average molecular weight is 291 g/mol. The van der Waals surface area contributed by atoms with Crippen molar-refractivity contribution in [2.75, 3.05) is 0 Å². The van der Waals surface area contributed by atoms with Gasteiger partial charge in [-0.1, -0.05) is 54.9 Å². The number of Topliss-reactive ketones (excluding diaryl/α,β-unsaturated/α-hetero) is 1. The lowest BCUT2D eigenvalue weighted by Gasteiger charge is -2.08. The molecule has 98 valence electrons. The van der Waals surface area contributed by atoms with Crippen molar-refractivity contribution in [1.82, 2.24) is 0 Å². The fraction of sp³-hybridized carbons (Fsp3) is 0.188. The van der Waals surface area contributed by atoms with E-state index in [0.717, 1.165) is 26.8 Å². The molecule has 0 N–H and O–H groups in total. The molecule has 0 amide bonds. The zero-order valence-corrected chi connectivity index (χ0v) is 12.3. The molecule has 0 unspecified atom stereocenters. The van der Waals surface area contributed by atoms with Crippen LogP contribution in [0.2, 0.25) is 5.02 Å². The smallest absolute Gasteiger partial charge is 0.163 e. The van der Waals surface area contributed by atoms with Gasteiger partial charge in [-0.15, -0.1) is 11.8 Å².